The number of non-ortho nitro benzene ring substituents is 1. The molecule has 8 nitrogen and oxygen atoms in total. The molecule has 1 amide bonds. The molecule has 1 heterocycles. The highest BCUT2D eigenvalue weighted by Crippen LogP contribution is 2.28. The van der Waals surface area contributed by atoms with Crippen molar-refractivity contribution in [2.75, 3.05) is 26.2 Å². The van der Waals surface area contributed by atoms with Crippen LogP contribution in [0, 0.1) is 10.1 Å². The van der Waals surface area contributed by atoms with Crippen LogP contribution < -0.4 is 0 Å². The lowest BCUT2D eigenvalue weighted by Crippen LogP contribution is -2.50. The van der Waals surface area contributed by atoms with E-state index >= 15 is 0 Å². The van der Waals surface area contributed by atoms with E-state index in [-0.39, 0.29) is 58.3 Å². The van der Waals surface area contributed by atoms with E-state index in [9.17, 15) is 23.3 Å². The number of hydrogen-bond donors (Lipinski definition) is 0. The molecule has 148 valence electrons. The van der Waals surface area contributed by atoms with Crippen molar-refractivity contribution in [1.82, 2.24) is 9.21 Å². The first-order valence-corrected chi connectivity index (χ1v) is 10.4. The highest BCUT2D eigenvalue weighted by Gasteiger charge is 2.32. The third-order valence-corrected chi connectivity index (χ3v) is 6.96. The first-order valence-electron chi connectivity index (χ1n) is 8.19. The van der Waals surface area contributed by atoms with Crippen LogP contribution in [0.1, 0.15) is 10.4 Å². The molecule has 3 rings (SSSR count). The largest absolute Gasteiger partial charge is 0.336 e. The molecule has 0 N–H and O–H groups in total. The van der Waals surface area contributed by atoms with Crippen molar-refractivity contribution in [3.8, 4) is 0 Å². The fraction of sp³-hybridized carbons (Fsp3) is 0.235. The summed E-state index contributed by atoms with van der Waals surface area (Å²) in [6.07, 6.45) is 0. The Morgan fingerprint density at radius 2 is 1.71 bits per heavy atom. The lowest BCUT2D eigenvalue weighted by molar-refractivity contribution is -0.384. The number of carbonyl (C=O) groups excluding carboxylic acids is 1. The molecule has 0 aromatic heterocycles. The Morgan fingerprint density at radius 3 is 2.36 bits per heavy atom. The topological polar surface area (TPSA) is 101 Å². The molecule has 0 atom stereocenters. The Labute approximate surface area is 171 Å². The van der Waals surface area contributed by atoms with E-state index < -0.39 is 14.9 Å². The quantitative estimate of drug-likeness (QED) is 0.533. The molecule has 1 saturated heterocycles. The van der Waals surface area contributed by atoms with Crippen molar-refractivity contribution in [3.05, 3.63) is 68.2 Å². The summed E-state index contributed by atoms with van der Waals surface area (Å²) in [5.41, 5.74) is 0.00561. The summed E-state index contributed by atoms with van der Waals surface area (Å²) in [7, 11) is -3.86. The fourth-order valence-corrected chi connectivity index (χ4v) is 5.04. The summed E-state index contributed by atoms with van der Waals surface area (Å²) in [4.78, 5) is 24.3. The summed E-state index contributed by atoms with van der Waals surface area (Å²) >= 11 is 11.9. The maximum absolute atomic E-state index is 12.8. The van der Waals surface area contributed by atoms with Crippen LogP contribution in [0.25, 0.3) is 0 Å². The molecule has 0 aliphatic carbocycles. The average molecular weight is 444 g/mol. The van der Waals surface area contributed by atoms with Crippen molar-refractivity contribution in [2.45, 2.75) is 4.90 Å². The minimum atomic E-state index is -3.86. The van der Waals surface area contributed by atoms with E-state index in [4.69, 9.17) is 23.2 Å². The number of piperazine rings is 1. The Bertz CT molecular complexity index is 1040. The van der Waals surface area contributed by atoms with Gasteiger partial charge in [-0.2, -0.15) is 4.31 Å². The second kappa shape index (κ2) is 8.04. The molecule has 0 unspecified atom stereocenters. The van der Waals surface area contributed by atoms with Gasteiger partial charge >= 0.3 is 0 Å². The number of nitro benzene ring substituents is 1. The lowest BCUT2D eigenvalue weighted by atomic mass is 10.1. The molecule has 2 aromatic carbocycles. The molecule has 28 heavy (non-hydrogen) atoms. The average Bonchev–Trinajstić information content (AvgIpc) is 2.69. The van der Waals surface area contributed by atoms with Gasteiger partial charge in [-0.3, -0.25) is 14.9 Å². The zero-order valence-electron chi connectivity index (χ0n) is 14.4. The normalized spacial score (nSPS) is 15.4. The van der Waals surface area contributed by atoms with Gasteiger partial charge in [0.25, 0.3) is 11.6 Å². The smallest absolute Gasteiger partial charge is 0.270 e. The van der Waals surface area contributed by atoms with Gasteiger partial charge in [-0.15, -0.1) is 0 Å². The fourth-order valence-electron chi connectivity index (χ4n) is 2.88. The number of nitro groups is 1. The molecule has 1 aliphatic rings. The van der Waals surface area contributed by atoms with Crippen LogP contribution in [0.15, 0.2) is 47.4 Å². The van der Waals surface area contributed by atoms with Crippen LogP contribution in [-0.4, -0.2) is 54.6 Å². The van der Waals surface area contributed by atoms with Gasteiger partial charge < -0.3 is 4.90 Å². The monoisotopic (exact) mass is 443 g/mol. The Hall–Kier alpha value is -2.20. The van der Waals surface area contributed by atoms with Gasteiger partial charge in [-0.05, 0) is 24.3 Å². The minimum Gasteiger partial charge on any atom is -0.336 e. The third-order valence-electron chi connectivity index (χ3n) is 4.34. The first kappa shape index (κ1) is 20.5. The lowest BCUT2D eigenvalue weighted by Gasteiger charge is -2.34. The summed E-state index contributed by atoms with van der Waals surface area (Å²) in [6, 6.07) is 9.64. The van der Waals surface area contributed by atoms with E-state index in [2.05, 4.69) is 0 Å². The predicted octanol–water partition coefficient (Wildman–Crippen LogP) is 3.05. The van der Waals surface area contributed by atoms with Crippen molar-refractivity contribution < 1.29 is 18.1 Å². The molecule has 11 heteroatoms. The maximum Gasteiger partial charge on any atom is 0.270 e. The van der Waals surface area contributed by atoms with Crippen molar-refractivity contribution in [2.24, 2.45) is 0 Å². The minimum absolute atomic E-state index is 0.0690. The molecule has 0 spiro atoms. The van der Waals surface area contributed by atoms with Crippen LogP contribution in [0.4, 0.5) is 5.69 Å². The number of benzene rings is 2. The number of rotatable bonds is 4. The first-order chi connectivity index (χ1) is 13.2. The summed E-state index contributed by atoms with van der Waals surface area (Å²) in [5.74, 6) is -0.387. The van der Waals surface area contributed by atoms with E-state index in [1.165, 1.54) is 51.7 Å². The number of nitrogens with zero attached hydrogens (tertiary/aromatic N) is 3. The zero-order valence-corrected chi connectivity index (χ0v) is 16.7. The Kier molecular flexibility index (Phi) is 5.90. The molecule has 0 bridgehead atoms. The molecule has 0 radical (unpaired) electrons. The van der Waals surface area contributed by atoms with Crippen LogP contribution in [0.2, 0.25) is 10.0 Å². The molecule has 1 aliphatic heterocycles. The highest BCUT2D eigenvalue weighted by molar-refractivity contribution is 7.89. The SMILES string of the molecule is O=C(c1cccc([N+](=O)[O-])c1)N1CCN(S(=O)(=O)c2cc(Cl)ccc2Cl)CC1. The van der Waals surface area contributed by atoms with Gasteiger partial charge in [0.05, 0.1) is 9.95 Å². The van der Waals surface area contributed by atoms with Crippen molar-refractivity contribution >= 4 is 44.8 Å². The highest BCUT2D eigenvalue weighted by atomic mass is 35.5. The maximum atomic E-state index is 12.8. The van der Waals surface area contributed by atoms with Gasteiger partial charge in [-0.25, -0.2) is 8.42 Å². The molecular formula is C17H15Cl2N3O5S. The van der Waals surface area contributed by atoms with Gasteiger partial charge in [0.2, 0.25) is 10.0 Å². The summed E-state index contributed by atoms with van der Waals surface area (Å²) in [6.45, 7) is 0.454. The van der Waals surface area contributed by atoms with E-state index in [1.54, 1.807) is 0 Å². The summed E-state index contributed by atoms with van der Waals surface area (Å²) in [5, 5.41) is 11.2. The molecule has 2 aromatic rings. The van der Waals surface area contributed by atoms with Gasteiger partial charge in [0.15, 0.2) is 0 Å². The van der Waals surface area contributed by atoms with Crippen LogP contribution >= 0.6 is 23.2 Å². The predicted molar refractivity (Wildman–Crippen MR) is 104 cm³/mol. The third kappa shape index (κ3) is 4.12. The van der Waals surface area contributed by atoms with Gasteiger partial charge in [0.1, 0.15) is 4.90 Å². The molecule has 1 fully saturated rings. The Morgan fingerprint density at radius 1 is 1.04 bits per heavy atom. The standard InChI is InChI=1S/C17H15Cl2N3O5S/c18-13-4-5-15(19)16(11-13)28(26,27)21-8-6-20(7-9-21)17(23)12-2-1-3-14(10-12)22(24)25/h1-5,10-11H,6-9H2. The zero-order chi connectivity index (χ0) is 20.5. The summed E-state index contributed by atoms with van der Waals surface area (Å²) < 4.78 is 26.9. The molecular weight excluding hydrogens is 429 g/mol. The van der Waals surface area contributed by atoms with E-state index in [0.29, 0.717) is 0 Å². The van der Waals surface area contributed by atoms with Gasteiger partial charge in [-0.1, -0.05) is 29.3 Å². The van der Waals surface area contributed by atoms with E-state index in [1.807, 2.05) is 0 Å². The van der Waals surface area contributed by atoms with Crippen LogP contribution in [0.3, 0.4) is 0 Å². The number of carbonyl (C=O) groups is 1. The number of halogens is 2. The number of sulfonamides is 1. The second-order valence-corrected chi connectivity index (χ2v) is 8.83. The van der Waals surface area contributed by atoms with Crippen LogP contribution in [-0.2, 0) is 10.0 Å². The number of hydrogen-bond acceptors (Lipinski definition) is 5. The second-order valence-electron chi connectivity index (χ2n) is 6.08. The Balaban J connectivity index is 1.73. The van der Waals surface area contributed by atoms with Crippen molar-refractivity contribution in [3.63, 3.8) is 0 Å². The van der Waals surface area contributed by atoms with E-state index in [0.717, 1.165) is 0 Å². The van der Waals surface area contributed by atoms with Crippen LogP contribution in [0.5, 0.6) is 0 Å². The number of amides is 1. The van der Waals surface area contributed by atoms with Crippen molar-refractivity contribution in [1.29, 1.82) is 0 Å². The molecule has 0 saturated carbocycles. The van der Waals surface area contributed by atoms with Gasteiger partial charge in [0, 0.05) is 48.9 Å².